The molecule has 0 rings (SSSR count). The molecule has 0 heterocycles. The number of thioether (sulfide) groups is 1. The Hall–Kier alpha value is 0.310. The van der Waals surface area contributed by atoms with Gasteiger partial charge in [-0.3, -0.25) is 0 Å². The molecule has 2 atom stereocenters. The quantitative estimate of drug-likeness (QED) is 0.667. The van der Waals surface area contributed by atoms with Crippen molar-refractivity contribution in [1.82, 2.24) is 5.32 Å². The summed E-state index contributed by atoms with van der Waals surface area (Å²) in [7, 11) is 0. The fourth-order valence-corrected chi connectivity index (χ4v) is 2.94. The molecule has 2 unspecified atom stereocenters. The van der Waals surface area contributed by atoms with Crippen LogP contribution in [0.15, 0.2) is 0 Å². The first-order valence-electron chi connectivity index (χ1n) is 5.91. The molecule has 14 heavy (non-hydrogen) atoms. The van der Waals surface area contributed by atoms with Crippen molar-refractivity contribution in [3.8, 4) is 0 Å². The predicted molar refractivity (Wildman–Crippen MR) is 69.1 cm³/mol. The second-order valence-electron chi connectivity index (χ2n) is 4.56. The van der Waals surface area contributed by atoms with E-state index in [-0.39, 0.29) is 0 Å². The van der Waals surface area contributed by atoms with Crippen LogP contribution in [0, 0.1) is 5.92 Å². The van der Waals surface area contributed by atoms with Crippen LogP contribution in [-0.4, -0.2) is 23.6 Å². The second-order valence-corrected chi connectivity index (χ2v) is 6.10. The molecule has 0 bridgehead atoms. The lowest BCUT2D eigenvalue weighted by Gasteiger charge is -2.17. The normalized spacial score (nSPS) is 15.9. The average molecular weight is 217 g/mol. The number of hydrogen-bond acceptors (Lipinski definition) is 2. The smallest absolute Gasteiger partial charge is 0.00490 e. The third-order valence-electron chi connectivity index (χ3n) is 2.34. The SMILES string of the molecule is CCNC(C)CC(C)SCCC(C)C. The zero-order chi connectivity index (χ0) is 11.0. The molecule has 0 fully saturated rings. The summed E-state index contributed by atoms with van der Waals surface area (Å²) in [5.74, 6) is 2.17. The zero-order valence-electron chi connectivity index (χ0n) is 10.5. The standard InChI is InChI=1S/C12H27NS/c1-6-13-11(4)9-12(5)14-8-7-10(2)3/h10-13H,6-9H2,1-5H3. The number of nitrogens with one attached hydrogen (secondary N) is 1. The minimum Gasteiger partial charge on any atom is -0.314 e. The van der Waals surface area contributed by atoms with E-state index in [1.165, 1.54) is 18.6 Å². The van der Waals surface area contributed by atoms with Crippen LogP contribution in [0.1, 0.15) is 47.5 Å². The highest BCUT2D eigenvalue weighted by Crippen LogP contribution is 2.18. The Morgan fingerprint density at radius 2 is 1.79 bits per heavy atom. The Morgan fingerprint density at radius 1 is 1.14 bits per heavy atom. The van der Waals surface area contributed by atoms with Gasteiger partial charge >= 0.3 is 0 Å². The number of rotatable bonds is 8. The molecule has 0 spiro atoms. The van der Waals surface area contributed by atoms with Crippen molar-refractivity contribution in [3.63, 3.8) is 0 Å². The van der Waals surface area contributed by atoms with Gasteiger partial charge < -0.3 is 5.32 Å². The molecule has 0 radical (unpaired) electrons. The van der Waals surface area contributed by atoms with E-state index >= 15 is 0 Å². The van der Waals surface area contributed by atoms with Gasteiger partial charge in [0.15, 0.2) is 0 Å². The van der Waals surface area contributed by atoms with E-state index in [1.807, 2.05) is 0 Å². The zero-order valence-corrected chi connectivity index (χ0v) is 11.3. The van der Waals surface area contributed by atoms with Gasteiger partial charge in [-0.1, -0.05) is 27.7 Å². The van der Waals surface area contributed by atoms with Gasteiger partial charge in [-0.25, -0.2) is 0 Å². The molecule has 0 aliphatic carbocycles. The molecule has 0 aromatic heterocycles. The van der Waals surface area contributed by atoms with E-state index in [4.69, 9.17) is 0 Å². The van der Waals surface area contributed by atoms with E-state index in [0.29, 0.717) is 6.04 Å². The topological polar surface area (TPSA) is 12.0 Å². The first-order valence-corrected chi connectivity index (χ1v) is 6.96. The van der Waals surface area contributed by atoms with E-state index in [9.17, 15) is 0 Å². The summed E-state index contributed by atoms with van der Waals surface area (Å²) >= 11 is 2.12. The fraction of sp³-hybridized carbons (Fsp3) is 1.00. The lowest BCUT2D eigenvalue weighted by atomic mass is 10.2. The van der Waals surface area contributed by atoms with Crippen molar-refractivity contribution in [3.05, 3.63) is 0 Å². The summed E-state index contributed by atoms with van der Waals surface area (Å²) in [6.07, 6.45) is 2.64. The molecule has 0 aromatic rings. The van der Waals surface area contributed by atoms with E-state index < -0.39 is 0 Å². The van der Waals surface area contributed by atoms with Crippen LogP contribution in [-0.2, 0) is 0 Å². The predicted octanol–water partition coefficient (Wildman–Crippen LogP) is 3.54. The highest BCUT2D eigenvalue weighted by molar-refractivity contribution is 7.99. The third-order valence-corrected chi connectivity index (χ3v) is 3.57. The first-order chi connectivity index (χ1) is 6.56. The molecular weight excluding hydrogens is 190 g/mol. The largest absolute Gasteiger partial charge is 0.314 e. The molecule has 0 amide bonds. The maximum atomic E-state index is 3.46. The van der Waals surface area contributed by atoms with E-state index in [1.54, 1.807) is 0 Å². The monoisotopic (exact) mass is 217 g/mol. The summed E-state index contributed by atoms with van der Waals surface area (Å²) in [6.45, 7) is 12.5. The van der Waals surface area contributed by atoms with Crippen LogP contribution < -0.4 is 5.32 Å². The van der Waals surface area contributed by atoms with E-state index in [0.717, 1.165) is 17.7 Å². The highest BCUT2D eigenvalue weighted by Gasteiger charge is 2.07. The van der Waals surface area contributed by atoms with Crippen LogP contribution in [0.25, 0.3) is 0 Å². The molecule has 86 valence electrons. The molecule has 0 saturated heterocycles. The average Bonchev–Trinajstić information content (AvgIpc) is 2.03. The van der Waals surface area contributed by atoms with Crippen LogP contribution in [0.4, 0.5) is 0 Å². The Morgan fingerprint density at radius 3 is 2.29 bits per heavy atom. The third kappa shape index (κ3) is 8.89. The molecular formula is C12H27NS. The van der Waals surface area contributed by atoms with Crippen LogP contribution in [0.2, 0.25) is 0 Å². The van der Waals surface area contributed by atoms with Gasteiger partial charge in [0, 0.05) is 11.3 Å². The molecule has 0 aliphatic heterocycles. The first kappa shape index (κ1) is 14.3. The minimum atomic E-state index is 0.668. The van der Waals surface area contributed by atoms with Crippen molar-refractivity contribution < 1.29 is 0 Å². The molecule has 1 N–H and O–H groups in total. The van der Waals surface area contributed by atoms with Crippen molar-refractivity contribution in [2.75, 3.05) is 12.3 Å². The Bertz CT molecular complexity index is 125. The van der Waals surface area contributed by atoms with Gasteiger partial charge in [-0.2, -0.15) is 11.8 Å². The summed E-state index contributed by atoms with van der Waals surface area (Å²) in [5.41, 5.74) is 0. The highest BCUT2D eigenvalue weighted by atomic mass is 32.2. The van der Waals surface area contributed by atoms with Gasteiger partial charge in [-0.15, -0.1) is 0 Å². The number of hydrogen-bond donors (Lipinski definition) is 1. The van der Waals surface area contributed by atoms with Crippen molar-refractivity contribution >= 4 is 11.8 Å². The van der Waals surface area contributed by atoms with Gasteiger partial charge in [0.05, 0.1) is 0 Å². The van der Waals surface area contributed by atoms with Crippen molar-refractivity contribution in [2.24, 2.45) is 5.92 Å². The van der Waals surface area contributed by atoms with Gasteiger partial charge in [0.25, 0.3) is 0 Å². The molecule has 0 aromatic carbocycles. The van der Waals surface area contributed by atoms with Crippen LogP contribution in [0.3, 0.4) is 0 Å². The van der Waals surface area contributed by atoms with Crippen molar-refractivity contribution in [1.29, 1.82) is 0 Å². The van der Waals surface area contributed by atoms with Gasteiger partial charge in [0.2, 0.25) is 0 Å². The molecule has 1 nitrogen and oxygen atoms in total. The summed E-state index contributed by atoms with van der Waals surface area (Å²) < 4.78 is 0. The Kier molecular flexibility index (Phi) is 8.80. The summed E-state index contributed by atoms with van der Waals surface area (Å²) in [6, 6.07) is 0.668. The van der Waals surface area contributed by atoms with Crippen LogP contribution in [0.5, 0.6) is 0 Å². The minimum absolute atomic E-state index is 0.668. The Labute approximate surface area is 94.4 Å². The maximum Gasteiger partial charge on any atom is 0.00490 e. The molecule has 2 heteroatoms. The maximum absolute atomic E-state index is 3.46. The van der Waals surface area contributed by atoms with Gasteiger partial charge in [-0.05, 0) is 38.0 Å². The van der Waals surface area contributed by atoms with E-state index in [2.05, 4.69) is 51.7 Å². The second kappa shape index (κ2) is 8.60. The van der Waals surface area contributed by atoms with Crippen molar-refractivity contribution in [2.45, 2.75) is 58.8 Å². The molecule has 0 aliphatic rings. The lowest BCUT2D eigenvalue weighted by molar-refractivity contribution is 0.529. The van der Waals surface area contributed by atoms with Gasteiger partial charge in [0.1, 0.15) is 0 Å². The lowest BCUT2D eigenvalue weighted by Crippen LogP contribution is -2.28. The van der Waals surface area contributed by atoms with Crippen LogP contribution >= 0.6 is 11.8 Å². The molecule has 0 saturated carbocycles. The summed E-state index contributed by atoms with van der Waals surface area (Å²) in [5, 5.41) is 4.26. The Balaban J connectivity index is 3.39. The summed E-state index contributed by atoms with van der Waals surface area (Å²) in [4.78, 5) is 0. The fourth-order valence-electron chi connectivity index (χ4n) is 1.50.